The molecular weight excluding hydrogens is 277 g/mol. The molecule has 0 N–H and O–H groups in total. The SMILES string of the molecule is CN1CCCN(c2ccc(N3CCOC3=O)c(F)c2)C1=O. The van der Waals surface area contributed by atoms with Gasteiger partial charge in [-0.25, -0.2) is 14.0 Å². The maximum atomic E-state index is 14.3. The van der Waals surface area contributed by atoms with Gasteiger partial charge in [0, 0.05) is 25.8 Å². The molecule has 0 atom stereocenters. The van der Waals surface area contributed by atoms with Crippen LogP contribution in [0.3, 0.4) is 0 Å². The molecule has 2 fully saturated rings. The average Bonchev–Trinajstić information content (AvgIpc) is 2.88. The summed E-state index contributed by atoms with van der Waals surface area (Å²) >= 11 is 0. The second-order valence-corrected chi connectivity index (χ2v) is 5.11. The van der Waals surface area contributed by atoms with Crippen molar-refractivity contribution in [2.24, 2.45) is 0 Å². The maximum absolute atomic E-state index is 14.3. The number of halogens is 1. The lowest BCUT2D eigenvalue weighted by atomic mass is 10.2. The molecule has 2 aliphatic rings. The van der Waals surface area contributed by atoms with Crippen molar-refractivity contribution in [2.45, 2.75) is 6.42 Å². The molecule has 0 spiro atoms. The van der Waals surface area contributed by atoms with Crippen molar-refractivity contribution in [3.63, 3.8) is 0 Å². The minimum Gasteiger partial charge on any atom is -0.447 e. The van der Waals surface area contributed by atoms with Gasteiger partial charge in [-0.2, -0.15) is 0 Å². The van der Waals surface area contributed by atoms with E-state index in [1.165, 1.54) is 17.0 Å². The number of amides is 3. The number of benzene rings is 1. The van der Waals surface area contributed by atoms with E-state index in [2.05, 4.69) is 0 Å². The Bertz CT molecular complexity index is 593. The van der Waals surface area contributed by atoms with Crippen LogP contribution in [0.15, 0.2) is 18.2 Å². The maximum Gasteiger partial charge on any atom is 0.414 e. The lowest BCUT2D eigenvalue weighted by molar-refractivity contribution is 0.181. The topological polar surface area (TPSA) is 53.1 Å². The molecule has 2 aliphatic heterocycles. The van der Waals surface area contributed by atoms with Gasteiger partial charge in [-0.15, -0.1) is 0 Å². The molecule has 0 aliphatic carbocycles. The first kappa shape index (κ1) is 13.7. The van der Waals surface area contributed by atoms with E-state index in [4.69, 9.17) is 4.74 Å². The number of ether oxygens (including phenoxy) is 1. The lowest BCUT2D eigenvalue weighted by Gasteiger charge is -2.33. The van der Waals surface area contributed by atoms with Crippen LogP contribution in [0, 0.1) is 5.82 Å². The fourth-order valence-corrected chi connectivity index (χ4v) is 2.60. The number of rotatable bonds is 2. The predicted octanol–water partition coefficient (Wildman–Crippen LogP) is 2.04. The smallest absolute Gasteiger partial charge is 0.414 e. The largest absolute Gasteiger partial charge is 0.447 e. The molecule has 0 bridgehead atoms. The first-order chi connectivity index (χ1) is 10.1. The monoisotopic (exact) mass is 293 g/mol. The zero-order chi connectivity index (χ0) is 15.0. The van der Waals surface area contributed by atoms with E-state index in [0.29, 0.717) is 25.3 Å². The third-order valence-electron chi connectivity index (χ3n) is 3.73. The number of cyclic esters (lactones) is 1. The molecule has 112 valence electrons. The Morgan fingerprint density at radius 1 is 1.14 bits per heavy atom. The highest BCUT2D eigenvalue weighted by molar-refractivity contribution is 5.94. The van der Waals surface area contributed by atoms with Gasteiger partial charge in [-0.3, -0.25) is 9.80 Å². The number of urea groups is 1. The van der Waals surface area contributed by atoms with Crippen molar-refractivity contribution in [1.82, 2.24) is 4.90 Å². The molecule has 1 aromatic rings. The molecule has 2 saturated heterocycles. The Morgan fingerprint density at radius 3 is 2.62 bits per heavy atom. The highest BCUT2D eigenvalue weighted by Gasteiger charge is 2.28. The zero-order valence-electron chi connectivity index (χ0n) is 11.7. The van der Waals surface area contributed by atoms with E-state index in [9.17, 15) is 14.0 Å². The van der Waals surface area contributed by atoms with Crippen LogP contribution in [-0.2, 0) is 4.74 Å². The normalized spacial score (nSPS) is 19.2. The summed E-state index contributed by atoms with van der Waals surface area (Å²) in [5.41, 5.74) is 0.680. The summed E-state index contributed by atoms with van der Waals surface area (Å²) < 4.78 is 19.1. The number of nitrogens with zero attached hydrogens (tertiary/aromatic N) is 3. The van der Waals surface area contributed by atoms with Crippen molar-refractivity contribution in [3.05, 3.63) is 24.0 Å². The van der Waals surface area contributed by atoms with Crippen LogP contribution in [0.25, 0.3) is 0 Å². The number of hydrogen-bond acceptors (Lipinski definition) is 3. The average molecular weight is 293 g/mol. The zero-order valence-corrected chi connectivity index (χ0v) is 11.7. The van der Waals surface area contributed by atoms with Crippen LogP contribution >= 0.6 is 0 Å². The summed E-state index contributed by atoms with van der Waals surface area (Å²) in [7, 11) is 1.72. The summed E-state index contributed by atoms with van der Waals surface area (Å²) in [5.74, 6) is -0.535. The van der Waals surface area contributed by atoms with Gasteiger partial charge in [0.25, 0.3) is 0 Å². The third kappa shape index (κ3) is 2.39. The van der Waals surface area contributed by atoms with Gasteiger partial charge in [0.05, 0.1) is 12.2 Å². The fraction of sp³-hybridized carbons (Fsp3) is 0.429. The van der Waals surface area contributed by atoms with Crippen LogP contribution < -0.4 is 9.80 Å². The van der Waals surface area contributed by atoms with Crippen LogP contribution in [-0.4, -0.2) is 50.3 Å². The van der Waals surface area contributed by atoms with E-state index in [0.717, 1.165) is 6.42 Å². The Kier molecular flexibility index (Phi) is 3.40. The molecule has 3 amide bonds. The molecule has 1 aromatic carbocycles. The molecule has 0 unspecified atom stereocenters. The van der Waals surface area contributed by atoms with Gasteiger partial charge in [-0.1, -0.05) is 0 Å². The number of carbonyl (C=O) groups is 2. The van der Waals surface area contributed by atoms with Crippen LogP contribution in [0.2, 0.25) is 0 Å². The van der Waals surface area contributed by atoms with Gasteiger partial charge in [0.1, 0.15) is 12.4 Å². The van der Waals surface area contributed by atoms with Crippen molar-refractivity contribution >= 4 is 23.5 Å². The van der Waals surface area contributed by atoms with Gasteiger partial charge >= 0.3 is 12.1 Å². The second-order valence-electron chi connectivity index (χ2n) is 5.11. The summed E-state index contributed by atoms with van der Waals surface area (Å²) in [6.45, 7) is 1.86. The minimum atomic E-state index is -0.546. The molecule has 0 aromatic heterocycles. The Hall–Kier alpha value is -2.31. The Morgan fingerprint density at radius 2 is 1.95 bits per heavy atom. The predicted molar refractivity (Wildman–Crippen MR) is 75.1 cm³/mol. The van der Waals surface area contributed by atoms with E-state index < -0.39 is 11.9 Å². The molecular formula is C14H16FN3O3. The first-order valence-corrected chi connectivity index (χ1v) is 6.84. The Balaban J connectivity index is 1.87. The van der Waals surface area contributed by atoms with Crippen LogP contribution in [0.5, 0.6) is 0 Å². The third-order valence-corrected chi connectivity index (χ3v) is 3.73. The summed E-state index contributed by atoms with van der Waals surface area (Å²) in [5, 5.41) is 0. The molecule has 0 radical (unpaired) electrons. The standard InChI is InChI=1S/C14H16FN3O3/c1-16-5-2-6-17(13(16)19)10-3-4-12(11(15)9-10)18-7-8-21-14(18)20/h3-4,9H,2,5-8H2,1H3. The first-order valence-electron chi connectivity index (χ1n) is 6.84. The number of anilines is 2. The Labute approximate surface area is 121 Å². The molecule has 6 nitrogen and oxygen atoms in total. The summed E-state index contributed by atoms with van der Waals surface area (Å²) in [6.07, 6.45) is 0.291. The quantitative estimate of drug-likeness (QED) is 0.838. The van der Waals surface area contributed by atoms with E-state index >= 15 is 0 Å². The van der Waals surface area contributed by atoms with E-state index in [1.807, 2.05) is 0 Å². The molecule has 7 heteroatoms. The van der Waals surface area contributed by atoms with Crippen molar-refractivity contribution in [1.29, 1.82) is 0 Å². The lowest BCUT2D eigenvalue weighted by Crippen LogP contribution is -2.47. The van der Waals surface area contributed by atoms with Crippen molar-refractivity contribution < 1.29 is 18.7 Å². The van der Waals surface area contributed by atoms with Crippen LogP contribution in [0.4, 0.5) is 25.4 Å². The number of hydrogen-bond donors (Lipinski definition) is 0. The minimum absolute atomic E-state index is 0.144. The van der Waals surface area contributed by atoms with Crippen molar-refractivity contribution in [2.75, 3.05) is 43.1 Å². The van der Waals surface area contributed by atoms with Crippen molar-refractivity contribution in [3.8, 4) is 0 Å². The highest BCUT2D eigenvalue weighted by Crippen LogP contribution is 2.28. The molecule has 3 rings (SSSR count). The van der Waals surface area contributed by atoms with E-state index in [1.54, 1.807) is 22.9 Å². The molecule has 0 saturated carbocycles. The number of carbonyl (C=O) groups excluding carboxylic acids is 2. The summed E-state index contributed by atoms with van der Waals surface area (Å²) in [6, 6.07) is 4.31. The molecule has 2 heterocycles. The van der Waals surface area contributed by atoms with Gasteiger partial charge in [0.15, 0.2) is 0 Å². The van der Waals surface area contributed by atoms with Gasteiger partial charge in [0.2, 0.25) is 0 Å². The highest BCUT2D eigenvalue weighted by atomic mass is 19.1. The molecule has 21 heavy (non-hydrogen) atoms. The van der Waals surface area contributed by atoms with Crippen LogP contribution in [0.1, 0.15) is 6.42 Å². The summed E-state index contributed by atoms with van der Waals surface area (Å²) in [4.78, 5) is 27.9. The van der Waals surface area contributed by atoms with Gasteiger partial charge in [-0.05, 0) is 24.6 Å². The van der Waals surface area contributed by atoms with Gasteiger partial charge < -0.3 is 9.64 Å². The second kappa shape index (κ2) is 5.23. The van der Waals surface area contributed by atoms with E-state index in [-0.39, 0.29) is 18.3 Å². The fourth-order valence-electron chi connectivity index (χ4n) is 2.60.